The fourth-order valence-corrected chi connectivity index (χ4v) is 6.33. The second kappa shape index (κ2) is 8.91. The van der Waals surface area contributed by atoms with Crippen LogP contribution in [0.25, 0.3) is 5.57 Å². The maximum Gasteiger partial charge on any atom is 0.258 e. The molecule has 2 aliphatic carbocycles. The van der Waals surface area contributed by atoms with Gasteiger partial charge in [-0.2, -0.15) is 0 Å². The Bertz CT molecular complexity index is 915. The van der Waals surface area contributed by atoms with Crippen LogP contribution in [0.15, 0.2) is 23.0 Å². The van der Waals surface area contributed by atoms with Gasteiger partial charge in [-0.25, -0.2) is 0 Å². The summed E-state index contributed by atoms with van der Waals surface area (Å²) < 4.78 is 1.87. The minimum absolute atomic E-state index is 0.0181. The van der Waals surface area contributed by atoms with Crippen molar-refractivity contribution in [1.29, 1.82) is 0 Å². The number of carbonyl (C=O) groups excluding carboxylic acids is 1. The molecule has 2 fully saturated rings. The van der Waals surface area contributed by atoms with Gasteiger partial charge in [-0.3, -0.25) is 9.59 Å². The van der Waals surface area contributed by atoms with Gasteiger partial charge in [0.05, 0.1) is 12.0 Å². The number of nitrogens with one attached hydrogen (secondary N) is 2. The molecule has 1 saturated carbocycles. The minimum Gasteiger partial charge on any atom is -0.396 e. The Morgan fingerprint density at radius 2 is 2.00 bits per heavy atom. The standard InChI is InChI=1S/C25H35N3O3/c29-15-19-20-14-28-21(12-11-18(25(28)31)17-9-5-2-6-10-17)23(27-20)22(19)24(30)26-13-16-7-3-1-4-8-16/h9,11-12,16,19-20,22-23,27,29H,1-8,10,13-15H2,(H,26,30)/t19-,20-,22+,23+/m0/s1. The monoisotopic (exact) mass is 425 g/mol. The van der Waals surface area contributed by atoms with Gasteiger partial charge in [0.15, 0.2) is 0 Å². The van der Waals surface area contributed by atoms with Crippen LogP contribution in [0.2, 0.25) is 0 Å². The first-order valence-electron chi connectivity index (χ1n) is 12.2. The Balaban J connectivity index is 1.39. The van der Waals surface area contributed by atoms with E-state index in [2.05, 4.69) is 16.7 Å². The van der Waals surface area contributed by atoms with E-state index in [1.54, 1.807) is 0 Å². The average molecular weight is 426 g/mol. The number of carbonyl (C=O) groups is 1. The van der Waals surface area contributed by atoms with Gasteiger partial charge in [-0.15, -0.1) is 0 Å². The number of rotatable bonds is 5. The van der Waals surface area contributed by atoms with E-state index in [-0.39, 0.29) is 42.0 Å². The van der Waals surface area contributed by atoms with Crippen molar-refractivity contribution in [3.63, 3.8) is 0 Å². The fraction of sp³-hybridized carbons (Fsp3) is 0.680. The summed E-state index contributed by atoms with van der Waals surface area (Å²) in [5.74, 6) is 0.0734. The summed E-state index contributed by atoms with van der Waals surface area (Å²) in [6.45, 7) is 1.20. The number of aromatic nitrogens is 1. The number of nitrogens with zero attached hydrogens (tertiary/aromatic N) is 1. The second-order valence-corrected chi connectivity index (χ2v) is 9.94. The largest absolute Gasteiger partial charge is 0.396 e. The van der Waals surface area contributed by atoms with Crippen LogP contribution in [0.4, 0.5) is 0 Å². The van der Waals surface area contributed by atoms with Crippen LogP contribution in [0, 0.1) is 17.8 Å². The van der Waals surface area contributed by atoms with Crippen molar-refractivity contribution < 1.29 is 9.90 Å². The summed E-state index contributed by atoms with van der Waals surface area (Å²) in [7, 11) is 0. The molecule has 3 N–H and O–H groups in total. The van der Waals surface area contributed by atoms with Gasteiger partial charge < -0.3 is 20.3 Å². The smallest absolute Gasteiger partial charge is 0.258 e. The van der Waals surface area contributed by atoms with E-state index in [1.165, 1.54) is 38.5 Å². The first-order valence-corrected chi connectivity index (χ1v) is 12.2. The van der Waals surface area contributed by atoms with Crippen LogP contribution in [0.1, 0.15) is 75.1 Å². The first-order chi connectivity index (χ1) is 15.2. The summed E-state index contributed by atoms with van der Waals surface area (Å²) >= 11 is 0. The predicted molar refractivity (Wildman–Crippen MR) is 120 cm³/mol. The van der Waals surface area contributed by atoms with E-state index >= 15 is 0 Å². The van der Waals surface area contributed by atoms with E-state index < -0.39 is 0 Å². The van der Waals surface area contributed by atoms with E-state index in [1.807, 2.05) is 16.7 Å². The molecule has 31 heavy (non-hydrogen) atoms. The number of aliphatic hydroxyl groups excluding tert-OH is 1. The van der Waals surface area contributed by atoms with Crippen LogP contribution in [0.3, 0.4) is 0 Å². The highest BCUT2D eigenvalue weighted by Crippen LogP contribution is 2.41. The Hall–Kier alpha value is -1.92. The summed E-state index contributed by atoms with van der Waals surface area (Å²) in [6.07, 6.45) is 12.7. The SMILES string of the molecule is O=C(NCC1CCCCC1)[C@@H]1[C@@H](CO)[C@@H]2Cn3c(ccc(C4=CCCCC4)c3=O)[C@H]1N2. The molecule has 1 saturated heterocycles. The van der Waals surface area contributed by atoms with E-state index in [9.17, 15) is 14.7 Å². The van der Waals surface area contributed by atoms with Gasteiger partial charge in [0.2, 0.25) is 5.91 Å². The van der Waals surface area contributed by atoms with Crippen LogP contribution in [-0.2, 0) is 11.3 Å². The summed E-state index contributed by atoms with van der Waals surface area (Å²) in [6, 6.07) is 3.71. The molecule has 5 rings (SSSR count). The molecule has 0 unspecified atom stereocenters. The lowest BCUT2D eigenvalue weighted by molar-refractivity contribution is -0.127. The lowest BCUT2D eigenvalue weighted by Crippen LogP contribution is -2.44. The zero-order valence-corrected chi connectivity index (χ0v) is 18.3. The van der Waals surface area contributed by atoms with Gasteiger partial charge in [0, 0.05) is 42.9 Å². The summed E-state index contributed by atoms with van der Waals surface area (Å²) in [4.78, 5) is 26.6. The Kier molecular flexibility index (Phi) is 6.02. The van der Waals surface area contributed by atoms with Gasteiger partial charge >= 0.3 is 0 Å². The van der Waals surface area contributed by atoms with Crippen molar-refractivity contribution in [2.75, 3.05) is 13.2 Å². The number of pyridine rings is 1. The van der Waals surface area contributed by atoms with Crippen LogP contribution >= 0.6 is 0 Å². The number of hydrogen-bond acceptors (Lipinski definition) is 4. The highest BCUT2D eigenvalue weighted by molar-refractivity contribution is 5.80. The number of amides is 1. The highest BCUT2D eigenvalue weighted by atomic mass is 16.3. The molecule has 0 aromatic carbocycles. The zero-order valence-electron chi connectivity index (χ0n) is 18.3. The first kappa shape index (κ1) is 21.0. The van der Waals surface area contributed by atoms with Crippen LogP contribution < -0.4 is 16.2 Å². The van der Waals surface area contributed by atoms with Gasteiger partial charge in [-0.1, -0.05) is 25.3 Å². The topological polar surface area (TPSA) is 83.4 Å². The quantitative estimate of drug-likeness (QED) is 0.677. The van der Waals surface area contributed by atoms with Gasteiger partial charge in [0.1, 0.15) is 0 Å². The lowest BCUT2D eigenvalue weighted by atomic mass is 9.85. The Morgan fingerprint density at radius 1 is 1.16 bits per heavy atom. The molecule has 6 heteroatoms. The number of aliphatic hydroxyl groups is 1. The van der Waals surface area contributed by atoms with Crippen molar-refractivity contribution in [3.8, 4) is 0 Å². The van der Waals surface area contributed by atoms with Crippen molar-refractivity contribution in [1.82, 2.24) is 15.2 Å². The van der Waals surface area contributed by atoms with Crippen molar-refractivity contribution in [2.24, 2.45) is 17.8 Å². The summed E-state index contributed by atoms with van der Waals surface area (Å²) in [5, 5.41) is 16.9. The normalized spacial score (nSPS) is 30.5. The molecule has 4 atom stereocenters. The molecule has 6 nitrogen and oxygen atoms in total. The zero-order chi connectivity index (χ0) is 21.4. The number of hydrogen-bond donors (Lipinski definition) is 3. The van der Waals surface area contributed by atoms with Crippen LogP contribution in [0.5, 0.6) is 0 Å². The number of fused-ring (bicyclic) bond motifs is 4. The number of allylic oxidation sites excluding steroid dienone is 2. The molecule has 1 amide bonds. The van der Waals surface area contributed by atoms with Crippen molar-refractivity contribution in [3.05, 3.63) is 39.8 Å². The second-order valence-electron chi connectivity index (χ2n) is 9.94. The molecule has 0 spiro atoms. The molecule has 4 aliphatic rings. The molecule has 3 heterocycles. The van der Waals surface area contributed by atoms with E-state index in [0.29, 0.717) is 12.5 Å². The van der Waals surface area contributed by atoms with E-state index in [0.717, 1.165) is 42.6 Å². The fourth-order valence-electron chi connectivity index (χ4n) is 6.33. The third-order valence-electron chi connectivity index (χ3n) is 8.08. The lowest BCUT2D eigenvalue weighted by Gasteiger charge is -2.29. The predicted octanol–water partition coefficient (Wildman–Crippen LogP) is 2.75. The maximum atomic E-state index is 13.4. The minimum atomic E-state index is -0.341. The van der Waals surface area contributed by atoms with Crippen LogP contribution in [-0.4, -0.2) is 34.8 Å². The maximum absolute atomic E-state index is 13.4. The molecule has 1 aromatic rings. The molecule has 1 aromatic heterocycles. The van der Waals surface area contributed by atoms with Crippen molar-refractivity contribution >= 4 is 11.5 Å². The molecule has 2 bridgehead atoms. The Labute approximate surface area is 184 Å². The molecule has 2 aliphatic heterocycles. The van der Waals surface area contributed by atoms with Gasteiger partial charge in [0.25, 0.3) is 5.56 Å². The average Bonchev–Trinajstić information content (AvgIpc) is 3.12. The third-order valence-corrected chi connectivity index (χ3v) is 8.08. The summed E-state index contributed by atoms with van der Waals surface area (Å²) in [5.41, 5.74) is 2.92. The third kappa shape index (κ3) is 3.89. The molecule has 168 valence electrons. The molecular weight excluding hydrogens is 390 g/mol. The molecular formula is C25H35N3O3. The van der Waals surface area contributed by atoms with Crippen molar-refractivity contribution in [2.45, 2.75) is 76.4 Å². The Morgan fingerprint density at radius 3 is 2.74 bits per heavy atom. The van der Waals surface area contributed by atoms with Gasteiger partial charge in [-0.05, 0) is 62.1 Å². The van der Waals surface area contributed by atoms with E-state index in [4.69, 9.17) is 0 Å². The highest BCUT2D eigenvalue weighted by Gasteiger charge is 2.50. The molecule has 0 radical (unpaired) electrons.